The van der Waals surface area contributed by atoms with E-state index in [4.69, 9.17) is 0 Å². The molecule has 1 heteroatoms. The molecule has 0 heterocycles. The second kappa shape index (κ2) is 5.15. The maximum Gasteiger partial charge on any atom is 0.0776 e. The van der Waals surface area contributed by atoms with E-state index in [2.05, 4.69) is 13.5 Å². The summed E-state index contributed by atoms with van der Waals surface area (Å²) in [7, 11) is 0. The summed E-state index contributed by atoms with van der Waals surface area (Å²) < 4.78 is 0. The molecular formula is C11H20O. The third kappa shape index (κ3) is 3.72. The van der Waals surface area contributed by atoms with Gasteiger partial charge in [0, 0.05) is 0 Å². The predicted octanol–water partition coefficient (Wildman–Crippen LogP) is 2.92. The number of aliphatic hydroxyl groups excluding tert-OH is 1. The summed E-state index contributed by atoms with van der Waals surface area (Å²) in [6, 6.07) is 0. The van der Waals surface area contributed by atoms with E-state index in [0.717, 1.165) is 17.6 Å². The van der Waals surface area contributed by atoms with Gasteiger partial charge in [-0.25, -0.2) is 0 Å². The minimum Gasteiger partial charge on any atom is -0.388 e. The smallest absolute Gasteiger partial charge is 0.0776 e. The summed E-state index contributed by atoms with van der Waals surface area (Å²) >= 11 is 0. The van der Waals surface area contributed by atoms with Gasteiger partial charge in [-0.1, -0.05) is 39.0 Å². The van der Waals surface area contributed by atoms with E-state index in [9.17, 15) is 5.11 Å². The average molecular weight is 168 g/mol. The summed E-state index contributed by atoms with van der Waals surface area (Å²) in [6.45, 7) is 11.8. The lowest BCUT2D eigenvalue weighted by Crippen LogP contribution is -2.17. The van der Waals surface area contributed by atoms with Crippen LogP contribution in [0.2, 0.25) is 0 Å². The van der Waals surface area contributed by atoms with E-state index in [1.807, 2.05) is 26.8 Å². The SMILES string of the molecule is C=C(C)/C=C(\CC)[C@@H](O)C(C)C. The molecule has 70 valence electrons. The van der Waals surface area contributed by atoms with Crippen LogP contribution in [0.5, 0.6) is 0 Å². The van der Waals surface area contributed by atoms with Gasteiger partial charge in [-0.2, -0.15) is 0 Å². The molecule has 0 bridgehead atoms. The standard InChI is InChI=1S/C11H20O/c1-6-10(7-8(2)3)11(12)9(4)5/h7,9,11-12H,2,6H2,1,3-5H3/b10-7+/t11-/m0/s1. The molecule has 0 aromatic rings. The first-order chi connectivity index (χ1) is 5.49. The van der Waals surface area contributed by atoms with Crippen LogP contribution < -0.4 is 0 Å². The van der Waals surface area contributed by atoms with Crippen LogP contribution in [-0.2, 0) is 0 Å². The third-order valence-electron chi connectivity index (χ3n) is 1.85. The second-order valence-electron chi connectivity index (χ2n) is 3.61. The van der Waals surface area contributed by atoms with Crippen molar-refractivity contribution in [2.24, 2.45) is 5.92 Å². The van der Waals surface area contributed by atoms with Gasteiger partial charge in [-0.15, -0.1) is 0 Å². The minimum atomic E-state index is -0.313. The molecule has 0 aliphatic carbocycles. The fourth-order valence-electron chi connectivity index (χ4n) is 1.14. The Morgan fingerprint density at radius 2 is 2.00 bits per heavy atom. The normalized spacial score (nSPS) is 15.0. The van der Waals surface area contributed by atoms with Crippen molar-refractivity contribution in [1.82, 2.24) is 0 Å². The van der Waals surface area contributed by atoms with Gasteiger partial charge in [0.05, 0.1) is 6.10 Å². The molecule has 0 rings (SSSR count). The zero-order valence-corrected chi connectivity index (χ0v) is 8.59. The highest BCUT2D eigenvalue weighted by atomic mass is 16.3. The number of rotatable bonds is 4. The van der Waals surface area contributed by atoms with Gasteiger partial charge in [0.15, 0.2) is 0 Å². The monoisotopic (exact) mass is 168 g/mol. The van der Waals surface area contributed by atoms with E-state index in [0.29, 0.717) is 0 Å². The zero-order chi connectivity index (χ0) is 9.72. The quantitative estimate of drug-likeness (QED) is 0.640. The number of hydrogen-bond acceptors (Lipinski definition) is 1. The fraction of sp³-hybridized carbons (Fsp3) is 0.636. The van der Waals surface area contributed by atoms with Crippen LogP contribution in [0.1, 0.15) is 34.1 Å². The number of aliphatic hydroxyl groups is 1. The van der Waals surface area contributed by atoms with Crippen LogP contribution in [0, 0.1) is 5.92 Å². The highest BCUT2D eigenvalue weighted by molar-refractivity contribution is 5.21. The molecule has 1 atom stereocenters. The summed E-state index contributed by atoms with van der Waals surface area (Å²) in [5, 5.41) is 9.73. The summed E-state index contributed by atoms with van der Waals surface area (Å²) in [6.07, 6.45) is 2.56. The lowest BCUT2D eigenvalue weighted by atomic mass is 9.96. The van der Waals surface area contributed by atoms with Crippen molar-refractivity contribution < 1.29 is 5.11 Å². The van der Waals surface area contributed by atoms with E-state index < -0.39 is 0 Å². The Hall–Kier alpha value is -0.560. The molecule has 0 saturated heterocycles. The first kappa shape index (κ1) is 11.4. The van der Waals surface area contributed by atoms with Crippen molar-refractivity contribution in [2.75, 3.05) is 0 Å². The van der Waals surface area contributed by atoms with Gasteiger partial charge in [0.1, 0.15) is 0 Å². The highest BCUT2D eigenvalue weighted by Crippen LogP contribution is 2.16. The molecule has 0 amide bonds. The second-order valence-corrected chi connectivity index (χ2v) is 3.61. The van der Waals surface area contributed by atoms with Crippen LogP contribution in [0.25, 0.3) is 0 Å². The van der Waals surface area contributed by atoms with Crippen molar-refractivity contribution in [2.45, 2.75) is 40.2 Å². The minimum absolute atomic E-state index is 0.288. The molecule has 0 aliphatic rings. The van der Waals surface area contributed by atoms with Crippen molar-refractivity contribution in [3.05, 3.63) is 23.8 Å². The van der Waals surface area contributed by atoms with Gasteiger partial charge >= 0.3 is 0 Å². The molecule has 0 radical (unpaired) electrons. The maximum absolute atomic E-state index is 9.73. The van der Waals surface area contributed by atoms with Crippen LogP contribution in [0.15, 0.2) is 23.8 Å². The molecule has 0 aromatic carbocycles. The van der Waals surface area contributed by atoms with Gasteiger partial charge < -0.3 is 5.11 Å². The van der Waals surface area contributed by atoms with Crippen LogP contribution in [0.4, 0.5) is 0 Å². The van der Waals surface area contributed by atoms with Crippen LogP contribution in [-0.4, -0.2) is 11.2 Å². The molecule has 1 nitrogen and oxygen atoms in total. The zero-order valence-electron chi connectivity index (χ0n) is 8.59. The topological polar surface area (TPSA) is 20.2 Å². The van der Waals surface area contributed by atoms with Crippen molar-refractivity contribution in [3.8, 4) is 0 Å². The third-order valence-corrected chi connectivity index (χ3v) is 1.85. The van der Waals surface area contributed by atoms with Gasteiger partial charge in [0.25, 0.3) is 0 Å². The lowest BCUT2D eigenvalue weighted by molar-refractivity contribution is 0.157. The van der Waals surface area contributed by atoms with Crippen LogP contribution >= 0.6 is 0 Å². The lowest BCUT2D eigenvalue weighted by Gasteiger charge is -2.17. The highest BCUT2D eigenvalue weighted by Gasteiger charge is 2.12. The molecule has 0 fully saturated rings. The summed E-state index contributed by atoms with van der Waals surface area (Å²) in [5.41, 5.74) is 2.09. The Balaban J connectivity index is 4.44. The van der Waals surface area contributed by atoms with E-state index >= 15 is 0 Å². The molecule has 0 aromatic heterocycles. The van der Waals surface area contributed by atoms with Gasteiger partial charge in [-0.3, -0.25) is 0 Å². The number of allylic oxidation sites excluding steroid dienone is 2. The Morgan fingerprint density at radius 1 is 1.50 bits per heavy atom. The molecule has 0 saturated carbocycles. The van der Waals surface area contributed by atoms with E-state index in [1.54, 1.807) is 0 Å². The Labute approximate surface area is 75.8 Å². The first-order valence-electron chi connectivity index (χ1n) is 4.53. The van der Waals surface area contributed by atoms with E-state index in [1.165, 1.54) is 0 Å². The molecule has 0 spiro atoms. The summed E-state index contributed by atoms with van der Waals surface area (Å²) in [4.78, 5) is 0. The Bertz CT molecular complexity index is 177. The van der Waals surface area contributed by atoms with Crippen molar-refractivity contribution in [1.29, 1.82) is 0 Å². The maximum atomic E-state index is 9.73. The van der Waals surface area contributed by atoms with E-state index in [-0.39, 0.29) is 12.0 Å². The first-order valence-corrected chi connectivity index (χ1v) is 4.53. The van der Waals surface area contributed by atoms with Gasteiger partial charge in [0.2, 0.25) is 0 Å². The molecule has 0 aliphatic heterocycles. The molecule has 12 heavy (non-hydrogen) atoms. The van der Waals surface area contributed by atoms with Crippen molar-refractivity contribution >= 4 is 0 Å². The van der Waals surface area contributed by atoms with Crippen LogP contribution in [0.3, 0.4) is 0 Å². The van der Waals surface area contributed by atoms with Gasteiger partial charge in [-0.05, 0) is 24.8 Å². The summed E-state index contributed by atoms with van der Waals surface area (Å²) in [5.74, 6) is 0.288. The number of hydrogen-bond donors (Lipinski definition) is 1. The average Bonchev–Trinajstić information content (AvgIpc) is 1.98. The molecular weight excluding hydrogens is 148 g/mol. The molecule has 0 unspecified atom stereocenters. The Morgan fingerprint density at radius 3 is 2.25 bits per heavy atom. The molecule has 1 N–H and O–H groups in total. The Kier molecular flexibility index (Phi) is 4.91. The van der Waals surface area contributed by atoms with Crippen molar-refractivity contribution in [3.63, 3.8) is 0 Å². The fourth-order valence-corrected chi connectivity index (χ4v) is 1.14. The predicted molar refractivity (Wildman–Crippen MR) is 54.0 cm³/mol. The largest absolute Gasteiger partial charge is 0.388 e.